The van der Waals surface area contributed by atoms with Crippen molar-refractivity contribution < 1.29 is 4.79 Å². The van der Waals surface area contributed by atoms with Gasteiger partial charge in [-0.2, -0.15) is 5.10 Å². The summed E-state index contributed by atoms with van der Waals surface area (Å²) in [6.07, 6.45) is 3.63. The van der Waals surface area contributed by atoms with Gasteiger partial charge in [-0.05, 0) is 37.3 Å². The van der Waals surface area contributed by atoms with E-state index in [-0.39, 0.29) is 5.91 Å². The maximum absolute atomic E-state index is 12.5. The number of aryl methyl sites for hydroxylation is 1. The summed E-state index contributed by atoms with van der Waals surface area (Å²) in [5, 5.41) is 4.45. The summed E-state index contributed by atoms with van der Waals surface area (Å²) in [6.45, 7) is 1.94. The summed E-state index contributed by atoms with van der Waals surface area (Å²) in [6, 6.07) is 16.8. The Bertz CT molecular complexity index is 998. The van der Waals surface area contributed by atoms with Crippen molar-refractivity contribution in [3.8, 4) is 11.4 Å². The van der Waals surface area contributed by atoms with E-state index in [2.05, 4.69) is 10.1 Å². The number of nitrogens with zero attached hydrogens (tertiary/aromatic N) is 4. The zero-order valence-electron chi connectivity index (χ0n) is 12.5. The van der Waals surface area contributed by atoms with Gasteiger partial charge in [0.25, 0.3) is 5.91 Å². The Balaban J connectivity index is 1.78. The van der Waals surface area contributed by atoms with E-state index in [1.807, 2.05) is 60.0 Å². The van der Waals surface area contributed by atoms with Gasteiger partial charge in [0.05, 0.1) is 11.4 Å². The van der Waals surface area contributed by atoms with E-state index < -0.39 is 0 Å². The number of imidazole rings is 1. The molecule has 5 heteroatoms. The molecule has 0 spiro atoms. The average Bonchev–Trinajstić information content (AvgIpc) is 3.18. The van der Waals surface area contributed by atoms with Gasteiger partial charge in [0, 0.05) is 18.0 Å². The molecule has 0 aliphatic rings. The second-order valence-corrected chi connectivity index (χ2v) is 5.29. The molecule has 1 aromatic carbocycles. The summed E-state index contributed by atoms with van der Waals surface area (Å²) in [5.74, 6) is -0.150. The first-order valence-corrected chi connectivity index (χ1v) is 7.33. The topological polar surface area (TPSA) is 52.2 Å². The van der Waals surface area contributed by atoms with Crippen molar-refractivity contribution >= 4 is 11.6 Å². The fourth-order valence-electron chi connectivity index (χ4n) is 2.70. The van der Waals surface area contributed by atoms with E-state index in [4.69, 9.17) is 0 Å². The minimum Gasteiger partial charge on any atom is -0.298 e. The van der Waals surface area contributed by atoms with Gasteiger partial charge in [-0.1, -0.05) is 24.3 Å². The van der Waals surface area contributed by atoms with E-state index in [9.17, 15) is 4.79 Å². The van der Waals surface area contributed by atoms with E-state index in [0.29, 0.717) is 5.56 Å². The largest absolute Gasteiger partial charge is 0.298 e. The van der Waals surface area contributed by atoms with Gasteiger partial charge in [0.2, 0.25) is 0 Å². The van der Waals surface area contributed by atoms with Crippen molar-refractivity contribution in [1.29, 1.82) is 0 Å². The fraction of sp³-hybridized carbons (Fsp3) is 0.0556. The second-order valence-electron chi connectivity index (χ2n) is 5.29. The minimum absolute atomic E-state index is 0.150. The number of aromatic nitrogens is 4. The van der Waals surface area contributed by atoms with Crippen molar-refractivity contribution in [2.75, 3.05) is 0 Å². The van der Waals surface area contributed by atoms with Gasteiger partial charge in [-0.3, -0.25) is 9.20 Å². The molecule has 0 atom stereocenters. The van der Waals surface area contributed by atoms with Gasteiger partial charge in [0.15, 0.2) is 0 Å². The molecule has 112 valence electrons. The van der Waals surface area contributed by atoms with E-state index in [1.165, 1.54) is 4.68 Å². The third kappa shape index (κ3) is 2.23. The normalized spacial score (nSPS) is 11.0. The van der Waals surface area contributed by atoms with Crippen molar-refractivity contribution in [2.45, 2.75) is 6.92 Å². The average molecular weight is 302 g/mol. The van der Waals surface area contributed by atoms with Crippen molar-refractivity contribution in [3.63, 3.8) is 0 Å². The van der Waals surface area contributed by atoms with Crippen LogP contribution in [-0.2, 0) is 0 Å². The molecule has 4 aromatic rings. The van der Waals surface area contributed by atoms with Crippen molar-refractivity contribution in [3.05, 3.63) is 78.2 Å². The predicted molar refractivity (Wildman–Crippen MR) is 87.3 cm³/mol. The van der Waals surface area contributed by atoms with Crippen LogP contribution >= 0.6 is 0 Å². The van der Waals surface area contributed by atoms with E-state index in [1.54, 1.807) is 18.3 Å². The van der Waals surface area contributed by atoms with Crippen LogP contribution < -0.4 is 0 Å². The Morgan fingerprint density at radius 3 is 2.57 bits per heavy atom. The molecule has 5 nitrogen and oxygen atoms in total. The molecule has 0 saturated carbocycles. The first kappa shape index (κ1) is 13.5. The van der Waals surface area contributed by atoms with Crippen LogP contribution in [0.3, 0.4) is 0 Å². The standard InChI is InChI=1S/C18H14N4O/c1-13-17(21-11-6-5-9-16(21)19-13)15-10-12-22(20-15)18(23)14-7-3-2-4-8-14/h2-12H,1H3. The maximum Gasteiger partial charge on any atom is 0.278 e. The molecular weight excluding hydrogens is 288 g/mol. The fourth-order valence-corrected chi connectivity index (χ4v) is 2.70. The molecule has 3 heterocycles. The maximum atomic E-state index is 12.5. The lowest BCUT2D eigenvalue weighted by molar-refractivity contribution is 0.0945. The number of pyridine rings is 1. The van der Waals surface area contributed by atoms with Crippen LogP contribution in [0.15, 0.2) is 67.0 Å². The van der Waals surface area contributed by atoms with Crippen LogP contribution in [0.25, 0.3) is 17.0 Å². The first-order chi connectivity index (χ1) is 11.2. The lowest BCUT2D eigenvalue weighted by Gasteiger charge is -2.01. The number of hydrogen-bond acceptors (Lipinski definition) is 3. The van der Waals surface area contributed by atoms with Crippen LogP contribution in [0.4, 0.5) is 0 Å². The monoisotopic (exact) mass is 302 g/mol. The number of benzene rings is 1. The highest BCUT2D eigenvalue weighted by molar-refractivity contribution is 5.95. The predicted octanol–water partition coefficient (Wildman–Crippen LogP) is 3.19. The summed E-state index contributed by atoms with van der Waals surface area (Å²) in [7, 11) is 0. The highest BCUT2D eigenvalue weighted by Gasteiger charge is 2.15. The third-order valence-corrected chi connectivity index (χ3v) is 3.76. The summed E-state index contributed by atoms with van der Waals surface area (Å²) in [4.78, 5) is 17.0. The molecule has 0 bridgehead atoms. The quantitative estimate of drug-likeness (QED) is 0.571. The van der Waals surface area contributed by atoms with Crippen molar-refractivity contribution in [1.82, 2.24) is 19.2 Å². The van der Waals surface area contributed by atoms with E-state index >= 15 is 0 Å². The number of rotatable bonds is 2. The molecule has 0 N–H and O–H groups in total. The highest BCUT2D eigenvalue weighted by atomic mass is 16.2. The van der Waals surface area contributed by atoms with Crippen LogP contribution in [-0.4, -0.2) is 25.1 Å². The van der Waals surface area contributed by atoms with E-state index in [0.717, 1.165) is 22.7 Å². The Kier molecular flexibility index (Phi) is 3.05. The molecule has 0 aliphatic heterocycles. The highest BCUT2D eigenvalue weighted by Crippen LogP contribution is 2.23. The van der Waals surface area contributed by atoms with Crippen molar-refractivity contribution in [2.24, 2.45) is 0 Å². The summed E-state index contributed by atoms with van der Waals surface area (Å²) in [5.41, 5.74) is 3.99. The molecule has 3 aromatic heterocycles. The molecular formula is C18H14N4O. The van der Waals surface area contributed by atoms with Crippen LogP contribution in [0.5, 0.6) is 0 Å². The zero-order valence-corrected chi connectivity index (χ0v) is 12.5. The van der Waals surface area contributed by atoms with Gasteiger partial charge in [0.1, 0.15) is 11.3 Å². The van der Waals surface area contributed by atoms with Crippen LogP contribution in [0.2, 0.25) is 0 Å². The number of carbonyl (C=O) groups is 1. The Hall–Kier alpha value is -3.21. The van der Waals surface area contributed by atoms with Gasteiger partial charge < -0.3 is 0 Å². The first-order valence-electron chi connectivity index (χ1n) is 7.33. The molecule has 4 rings (SSSR count). The number of hydrogen-bond donors (Lipinski definition) is 0. The molecule has 0 radical (unpaired) electrons. The molecule has 0 saturated heterocycles. The Labute approximate surface area is 132 Å². The molecule has 23 heavy (non-hydrogen) atoms. The SMILES string of the molecule is Cc1nc2ccccn2c1-c1ccn(C(=O)c2ccccc2)n1. The smallest absolute Gasteiger partial charge is 0.278 e. The zero-order chi connectivity index (χ0) is 15.8. The molecule has 0 unspecified atom stereocenters. The summed E-state index contributed by atoms with van der Waals surface area (Å²) < 4.78 is 3.35. The van der Waals surface area contributed by atoms with Gasteiger partial charge in [-0.15, -0.1) is 0 Å². The minimum atomic E-state index is -0.150. The summed E-state index contributed by atoms with van der Waals surface area (Å²) >= 11 is 0. The van der Waals surface area contributed by atoms with Gasteiger partial charge >= 0.3 is 0 Å². The molecule has 0 amide bonds. The lowest BCUT2D eigenvalue weighted by Crippen LogP contribution is -2.12. The number of fused-ring (bicyclic) bond motifs is 1. The molecule has 0 fully saturated rings. The van der Waals surface area contributed by atoms with Crippen LogP contribution in [0, 0.1) is 6.92 Å². The number of carbonyl (C=O) groups excluding carboxylic acids is 1. The van der Waals surface area contributed by atoms with Gasteiger partial charge in [-0.25, -0.2) is 9.67 Å². The molecule has 0 aliphatic carbocycles. The van der Waals surface area contributed by atoms with Crippen LogP contribution in [0.1, 0.15) is 16.1 Å². The Morgan fingerprint density at radius 1 is 0.957 bits per heavy atom. The third-order valence-electron chi connectivity index (χ3n) is 3.76. The lowest BCUT2D eigenvalue weighted by atomic mass is 10.2. The second kappa shape index (κ2) is 5.21. The Morgan fingerprint density at radius 2 is 1.74 bits per heavy atom.